The van der Waals surface area contributed by atoms with Gasteiger partial charge in [-0.15, -0.1) is 0 Å². The van der Waals surface area contributed by atoms with Crippen molar-refractivity contribution >= 4 is 29.7 Å². The number of benzene rings is 2. The Kier molecular flexibility index (Phi) is 6.95. The number of ketones is 2. The highest BCUT2D eigenvalue weighted by Crippen LogP contribution is 2.44. The van der Waals surface area contributed by atoms with E-state index in [0.717, 1.165) is 12.2 Å². The molecule has 1 fully saturated rings. The lowest BCUT2D eigenvalue weighted by Gasteiger charge is -2.50. The fourth-order valence-electron chi connectivity index (χ4n) is 3.96. The maximum Gasteiger partial charge on any atom is 0.335 e. The molecule has 1 aliphatic rings. The van der Waals surface area contributed by atoms with Gasteiger partial charge in [0, 0.05) is 12.8 Å². The third-order valence-electron chi connectivity index (χ3n) is 6.01. The molecule has 2 aromatic carbocycles. The summed E-state index contributed by atoms with van der Waals surface area (Å²) in [5.74, 6) is -4.59. The fraction of sp³-hybridized carbons (Fsp3) is 0.240. The summed E-state index contributed by atoms with van der Waals surface area (Å²) in [5.41, 5.74) is -8.45. The van der Waals surface area contributed by atoms with Gasteiger partial charge in [-0.2, -0.15) is 0 Å². The van der Waals surface area contributed by atoms with Crippen LogP contribution < -0.4 is 0 Å². The molecule has 0 aromatic heterocycles. The van der Waals surface area contributed by atoms with Crippen molar-refractivity contribution in [2.24, 2.45) is 0 Å². The first kappa shape index (κ1) is 25.8. The molecule has 0 bridgehead atoms. The first-order valence-corrected chi connectivity index (χ1v) is 10.4. The zero-order valence-electron chi connectivity index (χ0n) is 18.3. The number of phenolic OH excluding ortho intramolecular Hbond substituents is 2. The van der Waals surface area contributed by atoms with Gasteiger partial charge in [-0.3, -0.25) is 9.59 Å². The molecule has 0 amide bonds. The van der Waals surface area contributed by atoms with Crippen LogP contribution in [0.4, 0.5) is 0 Å². The van der Waals surface area contributed by atoms with E-state index >= 15 is 0 Å². The van der Waals surface area contributed by atoms with E-state index in [1.165, 1.54) is 60.7 Å². The molecule has 1 saturated carbocycles. The van der Waals surface area contributed by atoms with Crippen LogP contribution in [0.5, 0.6) is 11.5 Å². The van der Waals surface area contributed by atoms with Crippen LogP contribution in [0, 0.1) is 0 Å². The number of carbonyl (C=O) groups is 3. The quantitative estimate of drug-likeness (QED) is 0.270. The van der Waals surface area contributed by atoms with Crippen LogP contribution in [-0.4, -0.2) is 76.2 Å². The van der Waals surface area contributed by atoms with Crippen molar-refractivity contribution in [2.75, 3.05) is 0 Å². The molecule has 4 atom stereocenters. The maximum atomic E-state index is 13.1. The average molecular weight is 484 g/mol. The van der Waals surface area contributed by atoms with Crippen molar-refractivity contribution in [3.05, 3.63) is 71.8 Å². The van der Waals surface area contributed by atoms with Gasteiger partial charge in [0.05, 0.1) is 6.10 Å². The van der Waals surface area contributed by atoms with Gasteiger partial charge >= 0.3 is 5.97 Å². The number of aliphatic hydroxyl groups is 4. The molecule has 35 heavy (non-hydrogen) atoms. The molecule has 2 unspecified atom stereocenters. The summed E-state index contributed by atoms with van der Waals surface area (Å²) in [6.45, 7) is 0. The normalized spacial score (nSPS) is 28.9. The lowest BCUT2D eigenvalue weighted by molar-refractivity contribution is -0.243. The van der Waals surface area contributed by atoms with Crippen molar-refractivity contribution < 1.29 is 50.1 Å². The van der Waals surface area contributed by atoms with Crippen LogP contribution in [0.3, 0.4) is 0 Å². The Labute approximate surface area is 199 Å². The monoisotopic (exact) mass is 484 g/mol. The summed E-state index contributed by atoms with van der Waals surface area (Å²) in [6, 6.07) is 11.0. The molecule has 0 radical (unpaired) electrons. The lowest BCUT2D eigenvalue weighted by atomic mass is 9.60. The summed E-state index contributed by atoms with van der Waals surface area (Å²) >= 11 is 0. The van der Waals surface area contributed by atoms with Gasteiger partial charge in [-0.05, 0) is 47.5 Å². The average Bonchev–Trinajstić information content (AvgIpc) is 2.81. The van der Waals surface area contributed by atoms with Crippen LogP contribution in [0.1, 0.15) is 24.0 Å². The van der Waals surface area contributed by atoms with E-state index in [4.69, 9.17) is 0 Å². The number of carboxylic acids is 1. The Bertz CT molecular complexity index is 1180. The second kappa shape index (κ2) is 9.43. The maximum absolute atomic E-state index is 13.1. The Morgan fingerprint density at radius 1 is 0.771 bits per heavy atom. The highest BCUT2D eigenvalue weighted by atomic mass is 16.4. The largest absolute Gasteiger partial charge is 0.508 e. The second-order valence-electron chi connectivity index (χ2n) is 8.44. The predicted octanol–water partition coefficient (Wildman–Crippen LogP) is 0.395. The SMILES string of the molecule is O=C(O)C1(O)C[C@@H](O)C(O)(C(=O)/C=C/c2ccc(O)cc2)[C@@](O)(C(=O)/C=C/c2ccc(O)cc2)C1. The minimum Gasteiger partial charge on any atom is -0.508 e. The molecule has 10 nitrogen and oxygen atoms in total. The van der Waals surface area contributed by atoms with Gasteiger partial charge in [0.1, 0.15) is 11.5 Å². The van der Waals surface area contributed by atoms with Crippen LogP contribution in [0.15, 0.2) is 60.7 Å². The van der Waals surface area contributed by atoms with Gasteiger partial charge in [0.2, 0.25) is 0 Å². The van der Waals surface area contributed by atoms with Crippen molar-refractivity contribution in [3.63, 3.8) is 0 Å². The third-order valence-corrected chi connectivity index (χ3v) is 6.01. The Morgan fingerprint density at radius 3 is 1.63 bits per heavy atom. The molecule has 1 aliphatic carbocycles. The van der Waals surface area contributed by atoms with Gasteiger partial charge in [-0.1, -0.05) is 36.4 Å². The molecular formula is C25H24O10. The summed E-state index contributed by atoms with van der Waals surface area (Å²) < 4.78 is 0. The van der Waals surface area contributed by atoms with E-state index < -0.39 is 53.3 Å². The Balaban J connectivity index is 2.02. The van der Waals surface area contributed by atoms with Crippen molar-refractivity contribution in [2.45, 2.75) is 35.7 Å². The summed E-state index contributed by atoms with van der Waals surface area (Å²) in [6.07, 6.45) is -0.697. The van der Waals surface area contributed by atoms with Gasteiger partial charge in [0.25, 0.3) is 0 Å². The minimum absolute atomic E-state index is 0.0387. The number of carbonyl (C=O) groups excluding carboxylic acids is 2. The van der Waals surface area contributed by atoms with E-state index in [2.05, 4.69) is 0 Å². The number of phenols is 2. The molecule has 184 valence electrons. The van der Waals surface area contributed by atoms with E-state index in [1.54, 1.807) is 0 Å². The molecule has 2 aromatic rings. The summed E-state index contributed by atoms with van der Waals surface area (Å²) in [5, 5.41) is 71.7. The number of hydrogen-bond acceptors (Lipinski definition) is 9. The molecule has 0 spiro atoms. The van der Waals surface area contributed by atoms with Crippen LogP contribution in [0.2, 0.25) is 0 Å². The van der Waals surface area contributed by atoms with Crippen LogP contribution in [-0.2, 0) is 14.4 Å². The van der Waals surface area contributed by atoms with Gasteiger partial charge in [-0.25, -0.2) is 4.79 Å². The molecular weight excluding hydrogens is 460 g/mol. The summed E-state index contributed by atoms with van der Waals surface area (Å²) in [4.78, 5) is 37.8. The predicted molar refractivity (Wildman–Crippen MR) is 122 cm³/mol. The molecule has 0 saturated heterocycles. The van der Waals surface area contributed by atoms with Crippen LogP contribution in [0.25, 0.3) is 12.2 Å². The second-order valence-corrected chi connectivity index (χ2v) is 8.44. The van der Waals surface area contributed by atoms with Crippen molar-refractivity contribution in [3.8, 4) is 11.5 Å². The smallest absolute Gasteiger partial charge is 0.335 e. The van der Waals surface area contributed by atoms with E-state index in [9.17, 15) is 50.1 Å². The van der Waals surface area contributed by atoms with Crippen molar-refractivity contribution in [1.29, 1.82) is 0 Å². The molecule has 0 aliphatic heterocycles. The van der Waals surface area contributed by atoms with E-state index in [1.807, 2.05) is 0 Å². The van der Waals surface area contributed by atoms with Crippen molar-refractivity contribution in [1.82, 2.24) is 0 Å². The molecule has 3 rings (SSSR count). The minimum atomic E-state index is -3.22. The lowest BCUT2D eigenvalue weighted by Crippen LogP contribution is -2.75. The number of aliphatic hydroxyl groups excluding tert-OH is 1. The highest BCUT2D eigenvalue weighted by molar-refractivity contribution is 6.11. The topological polar surface area (TPSA) is 193 Å². The molecule has 0 heterocycles. The fourth-order valence-corrected chi connectivity index (χ4v) is 3.96. The number of carboxylic acid groups (broad SMARTS) is 1. The molecule has 10 heteroatoms. The standard InChI is InChI=1S/C25H24O10/c26-17-7-1-15(2-8-17)5-11-19(28)24(34)14-23(33,22(31)32)13-21(30)25(24,35)20(29)12-6-16-3-9-18(27)10-4-16/h1-12,21,26-27,30,33-35H,13-14H2,(H,31,32)/b11-5+,12-6+/t21-,23?,24+,25?/m1/s1. The number of rotatable bonds is 7. The van der Waals surface area contributed by atoms with Gasteiger partial charge < -0.3 is 35.7 Å². The zero-order valence-corrected chi connectivity index (χ0v) is 18.3. The van der Waals surface area contributed by atoms with Gasteiger partial charge in [0.15, 0.2) is 28.4 Å². The van der Waals surface area contributed by atoms with Crippen LogP contribution >= 0.6 is 0 Å². The summed E-state index contributed by atoms with van der Waals surface area (Å²) in [7, 11) is 0. The zero-order chi connectivity index (χ0) is 26.0. The Hall–Kier alpha value is -3.83. The first-order chi connectivity index (χ1) is 16.3. The highest BCUT2D eigenvalue weighted by Gasteiger charge is 2.69. The number of aliphatic carboxylic acids is 1. The molecule has 7 N–H and O–H groups in total. The van der Waals surface area contributed by atoms with E-state index in [-0.39, 0.29) is 11.5 Å². The number of aromatic hydroxyl groups is 2. The van der Waals surface area contributed by atoms with E-state index in [0.29, 0.717) is 11.1 Å². The first-order valence-electron chi connectivity index (χ1n) is 10.4. The number of hydrogen-bond donors (Lipinski definition) is 7. The Morgan fingerprint density at radius 2 is 1.20 bits per heavy atom. The third kappa shape index (κ3) is 4.86.